The first-order valence-electron chi connectivity index (χ1n) is 28.1. The number of halogens is 5. The summed E-state index contributed by atoms with van der Waals surface area (Å²) in [7, 11) is 2.55. The summed E-state index contributed by atoms with van der Waals surface area (Å²) in [6.07, 6.45) is 13.0. The number of carbonyl (C=O) groups excluding carboxylic acids is 8. The van der Waals surface area contributed by atoms with E-state index >= 15 is 0 Å². The molecule has 0 bridgehead atoms. The number of carbonyl (C=O) groups is 8. The molecule has 24 nitrogen and oxygen atoms in total. The van der Waals surface area contributed by atoms with E-state index in [4.69, 9.17) is 81.7 Å². The molecule has 2 aromatic rings. The molecule has 0 radical (unpaired) electrons. The number of hydrogen-bond acceptors (Lipinski definition) is 18. The Kier molecular flexibility index (Phi) is 23.9. The van der Waals surface area contributed by atoms with Crippen molar-refractivity contribution in [1.29, 1.82) is 0 Å². The summed E-state index contributed by atoms with van der Waals surface area (Å²) < 4.78 is 26.7. The van der Waals surface area contributed by atoms with Gasteiger partial charge in [-0.3, -0.25) is 19.2 Å². The number of amides is 6. The van der Waals surface area contributed by atoms with Crippen LogP contribution in [0.1, 0.15) is 131 Å². The summed E-state index contributed by atoms with van der Waals surface area (Å²) in [4.78, 5) is 123. The molecule has 2 saturated carbocycles. The second kappa shape index (κ2) is 29.7. The van der Waals surface area contributed by atoms with Gasteiger partial charge < -0.3 is 59.9 Å². The molecule has 2 aliphatic carbocycles. The second-order valence-corrected chi connectivity index (χ2v) is 25.4. The molecule has 6 heterocycles. The highest BCUT2D eigenvalue weighted by molar-refractivity contribution is 6.35. The number of ether oxygens (including phenoxy) is 5. The van der Waals surface area contributed by atoms with Crippen LogP contribution < -0.4 is 26.0 Å². The van der Waals surface area contributed by atoms with Gasteiger partial charge in [-0.2, -0.15) is 4.98 Å². The Balaban J connectivity index is 0.000000241. The van der Waals surface area contributed by atoms with Crippen LogP contribution in [0.2, 0.25) is 26.0 Å². The molecule has 0 aromatic carbocycles. The largest absolute Gasteiger partial charge is 0.472 e. The van der Waals surface area contributed by atoms with Crippen LogP contribution >= 0.6 is 58.0 Å². The van der Waals surface area contributed by atoms with Crippen molar-refractivity contribution in [1.82, 2.24) is 51.0 Å². The summed E-state index contributed by atoms with van der Waals surface area (Å²) >= 11 is 28.1. The minimum Gasteiger partial charge on any atom is -0.472 e. The lowest BCUT2D eigenvalue weighted by Crippen LogP contribution is -2.56. The first-order chi connectivity index (χ1) is 40.0. The Hall–Kier alpha value is -5.79. The molecule has 2 saturated heterocycles. The molecule has 10 atom stereocenters. The van der Waals surface area contributed by atoms with Crippen LogP contribution in [0.25, 0.3) is 0 Å². The van der Waals surface area contributed by atoms with Crippen molar-refractivity contribution < 1.29 is 67.1 Å². The van der Waals surface area contributed by atoms with E-state index in [9.17, 15) is 43.5 Å². The van der Waals surface area contributed by atoms with Gasteiger partial charge in [0.25, 0.3) is 0 Å². The average Bonchev–Trinajstić information content (AvgIpc) is 1.66. The molecular formula is C56H75Cl5N10O14. The number of allylic oxidation sites excluding steroid dienone is 2. The van der Waals surface area contributed by atoms with Gasteiger partial charge in [-0.25, -0.2) is 34.1 Å². The minimum absolute atomic E-state index is 0.0111. The number of alkyl carbamates (subject to hydrolysis) is 2. The maximum atomic E-state index is 14.0. The normalized spacial score (nSPS) is 28.8. The van der Waals surface area contributed by atoms with Gasteiger partial charge >= 0.3 is 24.1 Å². The fraction of sp³-hybridized carbons (Fsp3) is 0.643. The van der Waals surface area contributed by atoms with Crippen molar-refractivity contribution >= 4 is 106 Å². The zero-order valence-corrected chi connectivity index (χ0v) is 52.5. The maximum Gasteiger partial charge on any atom is 0.408 e. The third kappa shape index (κ3) is 19.6. The predicted molar refractivity (Wildman–Crippen MR) is 313 cm³/mol. The third-order valence-corrected chi connectivity index (χ3v) is 15.5. The van der Waals surface area contributed by atoms with E-state index in [1.54, 1.807) is 41.5 Å². The number of aliphatic hydroxyl groups excluding tert-OH is 1. The fourth-order valence-electron chi connectivity index (χ4n) is 10.4. The van der Waals surface area contributed by atoms with Gasteiger partial charge in [0, 0.05) is 43.4 Å². The average molecular weight is 1290 g/mol. The van der Waals surface area contributed by atoms with Crippen molar-refractivity contribution in [3.63, 3.8) is 0 Å². The maximum absolute atomic E-state index is 14.0. The van der Waals surface area contributed by atoms with Crippen LogP contribution in [0.3, 0.4) is 0 Å². The number of esters is 2. The van der Waals surface area contributed by atoms with Crippen LogP contribution in [0.4, 0.5) is 9.59 Å². The van der Waals surface area contributed by atoms with E-state index in [2.05, 4.69) is 41.2 Å². The summed E-state index contributed by atoms with van der Waals surface area (Å²) in [6.45, 7) is 10.4. The highest BCUT2D eigenvalue weighted by Crippen LogP contribution is 2.47. The molecular weight excluding hydrogens is 1210 g/mol. The smallest absolute Gasteiger partial charge is 0.408 e. The van der Waals surface area contributed by atoms with Crippen molar-refractivity contribution in [2.45, 2.75) is 190 Å². The van der Waals surface area contributed by atoms with Crippen molar-refractivity contribution in [3.8, 4) is 5.88 Å². The zero-order chi connectivity index (χ0) is 62.6. The number of aromatic nitrogens is 4. The quantitative estimate of drug-likeness (QED) is 0.0617. The minimum atomic E-state index is -1.21. The third-order valence-electron chi connectivity index (χ3n) is 14.5. The van der Waals surface area contributed by atoms with Gasteiger partial charge in [0.15, 0.2) is 0 Å². The number of fused-ring (bicyclic) bond motifs is 4. The molecule has 468 valence electrons. The molecule has 0 spiro atoms. The summed E-state index contributed by atoms with van der Waals surface area (Å²) in [5, 5.41) is 21.8. The number of nitrogens with zero attached hydrogens (tertiary/aromatic N) is 6. The molecule has 6 amide bonds. The van der Waals surface area contributed by atoms with E-state index in [1.165, 1.54) is 36.2 Å². The molecule has 29 heteroatoms. The van der Waals surface area contributed by atoms with Crippen molar-refractivity contribution in [2.24, 2.45) is 11.8 Å². The van der Waals surface area contributed by atoms with Gasteiger partial charge in [0.05, 0.1) is 26.9 Å². The van der Waals surface area contributed by atoms with E-state index in [0.29, 0.717) is 38.5 Å². The number of methoxy groups -OCH3 is 2. The Bertz CT molecular complexity index is 2770. The highest BCUT2D eigenvalue weighted by Gasteiger charge is 2.63. The molecule has 2 aromatic heterocycles. The van der Waals surface area contributed by atoms with Crippen LogP contribution in [-0.2, 0) is 47.7 Å². The molecule has 4 aliphatic heterocycles. The zero-order valence-electron chi connectivity index (χ0n) is 48.7. The summed E-state index contributed by atoms with van der Waals surface area (Å²) in [6, 6.07) is -1.00. The summed E-state index contributed by atoms with van der Waals surface area (Å²) in [5.41, 5.74) is -3.86. The Morgan fingerprint density at radius 3 is 1.46 bits per heavy atom. The van der Waals surface area contributed by atoms with Crippen molar-refractivity contribution in [3.05, 3.63) is 62.5 Å². The number of hydrogen-bond donors (Lipinski definition) is 5. The Morgan fingerprint density at radius 2 is 1.04 bits per heavy atom. The SMILES string of the molecule is COC(=O)[C@@]12C[C@H]1/C=C\CCCCC[C@H](NC(=O)OC(C)(C)C)C(=O)N1C[C@H](O)C[C@H]1C(=O)N2.COC(=O)[C@@]12C[C@H]1/C=C\CCCCC[C@H](NC(=O)OC(C)(C)C)C(=O)N1C[C@H](Oc3cc(Cl)nc(Cl)n3)C[C@H]1C(=O)N2.Clc1cc(Cl)nc(Cl)n1. The lowest BCUT2D eigenvalue weighted by Gasteiger charge is -2.30. The molecule has 5 N–H and O–H groups in total. The molecule has 85 heavy (non-hydrogen) atoms. The van der Waals surface area contributed by atoms with Gasteiger partial charge in [-0.15, -0.1) is 0 Å². The fourth-order valence-corrected chi connectivity index (χ4v) is 11.5. The first-order valence-corrected chi connectivity index (χ1v) is 30.0. The molecule has 8 rings (SSSR count). The van der Waals surface area contributed by atoms with E-state index < -0.39 is 106 Å². The topological polar surface area (TPSA) is 309 Å². The van der Waals surface area contributed by atoms with Gasteiger partial charge in [-0.1, -0.05) is 84.8 Å². The Labute approximate surface area is 518 Å². The van der Waals surface area contributed by atoms with Crippen LogP contribution in [0, 0.1) is 11.8 Å². The van der Waals surface area contributed by atoms with Gasteiger partial charge in [0.1, 0.15) is 68.0 Å². The number of nitrogens with one attached hydrogen (secondary N) is 4. The van der Waals surface area contributed by atoms with Gasteiger partial charge in [0.2, 0.25) is 40.1 Å². The van der Waals surface area contributed by atoms with E-state index in [-0.39, 0.29) is 69.7 Å². The van der Waals surface area contributed by atoms with E-state index in [0.717, 1.165) is 38.5 Å². The highest BCUT2D eigenvalue weighted by atomic mass is 35.5. The van der Waals surface area contributed by atoms with Crippen molar-refractivity contribution in [2.75, 3.05) is 27.3 Å². The van der Waals surface area contributed by atoms with Gasteiger partial charge in [-0.05, 0) is 116 Å². The number of aliphatic hydroxyl groups is 1. The molecule has 0 unspecified atom stereocenters. The lowest BCUT2D eigenvalue weighted by molar-refractivity contribution is -0.148. The van der Waals surface area contributed by atoms with Crippen LogP contribution in [0.5, 0.6) is 5.88 Å². The first kappa shape index (κ1) is 68.3. The summed E-state index contributed by atoms with van der Waals surface area (Å²) in [5.74, 6) is -3.34. The van der Waals surface area contributed by atoms with Crippen LogP contribution in [0.15, 0.2) is 36.4 Å². The van der Waals surface area contributed by atoms with Crippen LogP contribution in [-0.4, -0.2) is 169 Å². The monoisotopic (exact) mass is 1290 g/mol. The molecule has 6 aliphatic rings. The number of rotatable bonds is 6. The lowest BCUT2D eigenvalue weighted by atomic mass is 10.0. The Morgan fingerprint density at radius 1 is 0.612 bits per heavy atom. The van der Waals surface area contributed by atoms with E-state index in [1.807, 2.05) is 24.3 Å². The second-order valence-electron chi connectivity index (χ2n) is 23.5. The predicted octanol–water partition coefficient (Wildman–Crippen LogP) is 7.44. The standard InChI is InChI=1S/C28H37Cl2N5O7.C24H37N3O7.C4HCl3N2/c1-27(2,3)42-26(39)31-18-11-9-7-5-6-8-10-16-14-28(16,24(38)40-4)34-22(36)19-12-17(15-35(19)23(18)37)41-21-13-20(29)32-25(30)33-21;1-23(2,3)34-22(32)25-17-11-9-7-5-6-8-10-15-13-24(15,21(31)33-4)26-19(29)18-12-16(28)14-27(18)20(17)30;5-2-1-3(6)9-4(7)8-2/h8,10,13,16-19H,5-7,9,11-12,14-15H2,1-4H3,(H,31,39)(H,34,36);8,10,15-18,28H,5-7,9,11-14H2,1-4H3,(H,25,32)(H,26,29);1H/b2*10-8-;/t16-,17-,18+,19+,28-;15-,16-,17+,18+,24-;/m11./s1. The molecule has 4 fully saturated rings.